The Morgan fingerprint density at radius 1 is 1.03 bits per heavy atom. The lowest BCUT2D eigenvalue weighted by molar-refractivity contribution is -0.123. The van der Waals surface area contributed by atoms with Crippen LogP contribution in [0.15, 0.2) is 54.6 Å². The molecule has 0 heterocycles. The predicted octanol–water partition coefficient (Wildman–Crippen LogP) is 4.66. The molecule has 0 aromatic heterocycles. The summed E-state index contributed by atoms with van der Waals surface area (Å²) in [4.78, 5) is 25.1. The quantitative estimate of drug-likeness (QED) is 0.331. The van der Waals surface area contributed by atoms with E-state index in [1.165, 1.54) is 38.2 Å². The fourth-order valence-electron chi connectivity index (χ4n) is 4.16. The highest BCUT2D eigenvalue weighted by molar-refractivity contribution is 6.03. The van der Waals surface area contributed by atoms with Crippen molar-refractivity contribution in [2.75, 3.05) is 17.6 Å². The van der Waals surface area contributed by atoms with E-state index in [0.29, 0.717) is 17.3 Å². The van der Waals surface area contributed by atoms with Crippen LogP contribution in [0.3, 0.4) is 0 Å². The first kappa shape index (κ1) is 24.5. The highest BCUT2D eigenvalue weighted by Crippen LogP contribution is 2.24. The molecule has 2 amide bonds. The maximum atomic E-state index is 12.9. The summed E-state index contributed by atoms with van der Waals surface area (Å²) >= 11 is 0. The number of nitrogen functional groups attached to an aromatic ring is 1. The number of anilines is 2. The van der Waals surface area contributed by atoms with Gasteiger partial charge in [-0.3, -0.25) is 9.59 Å². The lowest BCUT2D eigenvalue weighted by Crippen LogP contribution is -2.42. The molecule has 3 rings (SSSR count). The molecule has 1 atom stereocenters. The zero-order chi connectivity index (χ0) is 23.6. The zero-order valence-electron chi connectivity index (χ0n) is 19.6. The van der Waals surface area contributed by atoms with Gasteiger partial charge in [0.2, 0.25) is 11.8 Å². The van der Waals surface area contributed by atoms with Gasteiger partial charge < -0.3 is 21.7 Å². The maximum Gasteiger partial charge on any atom is 0.248 e. The van der Waals surface area contributed by atoms with Gasteiger partial charge in [0.25, 0.3) is 0 Å². The van der Waals surface area contributed by atoms with Crippen molar-refractivity contribution in [3.63, 3.8) is 0 Å². The molecule has 2 aromatic rings. The van der Waals surface area contributed by atoms with E-state index in [0.717, 1.165) is 17.7 Å². The third-order valence-electron chi connectivity index (χ3n) is 5.94. The van der Waals surface area contributed by atoms with Crippen LogP contribution in [0.25, 0.3) is 6.08 Å². The number of benzene rings is 2. The summed E-state index contributed by atoms with van der Waals surface area (Å²) < 4.78 is 0. The minimum atomic E-state index is -0.392. The smallest absolute Gasteiger partial charge is 0.248 e. The van der Waals surface area contributed by atoms with Gasteiger partial charge in [0.1, 0.15) is 6.04 Å². The number of carbonyl (C=O) groups is 2. The number of carbonyl (C=O) groups excluding carboxylic acids is 2. The lowest BCUT2D eigenvalue weighted by atomic mass is 9.89. The molecule has 0 aliphatic heterocycles. The van der Waals surface area contributed by atoms with Crippen LogP contribution in [0.2, 0.25) is 0 Å². The van der Waals surface area contributed by atoms with Crippen molar-refractivity contribution in [3.05, 3.63) is 65.7 Å². The Kier molecular flexibility index (Phi) is 9.07. The topological polar surface area (TPSA) is 96.2 Å². The Hall–Kier alpha value is -3.12. The second-order valence-electron chi connectivity index (χ2n) is 9.09. The minimum absolute atomic E-state index is 0.0103. The largest absolute Gasteiger partial charge is 0.397 e. The Morgan fingerprint density at radius 3 is 2.39 bits per heavy atom. The third kappa shape index (κ3) is 7.75. The van der Waals surface area contributed by atoms with Crippen molar-refractivity contribution in [2.24, 2.45) is 5.92 Å². The molecule has 0 spiro atoms. The summed E-state index contributed by atoms with van der Waals surface area (Å²) in [6.45, 7) is 4.79. The molecule has 1 unspecified atom stereocenters. The van der Waals surface area contributed by atoms with Crippen LogP contribution in [0.5, 0.6) is 0 Å². The molecule has 1 fully saturated rings. The van der Waals surface area contributed by atoms with E-state index in [9.17, 15) is 9.59 Å². The minimum Gasteiger partial charge on any atom is -0.397 e. The molecule has 1 aliphatic carbocycles. The molecule has 0 saturated heterocycles. The number of nitrogens with one attached hydrogen (secondary N) is 3. The zero-order valence-corrected chi connectivity index (χ0v) is 19.6. The summed E-state index contributed by atoms with van der Waals surface area (Å²) in [7, 11) is 0. The first-order valence-electron chi connectivity index (χ1n) is 11.9. The summed E-state index contributed by atoms with van der Waals surface area (Å²) in [5, 5.41) is 9.32. The van der Waals surface area contributed by atoms with Crippen molar-refractivity contribution in [3.8, 4) is 0 Å². The molecule has 176 valence electrons. The molecule has 33 heavy (non-hydrogen) atoms. The van der Waals surface area contributed by atoms with E-state index in [1.54, 1.807) is 18.2 Å². The van der Waals surface area contributed by atoms with Gasteiger partial charge in [-0.1, -0.05) is 55.7 Å². The normalized spacial score (nSPS) is 15.5. The van der Waals surface area contributed by atoms with Gasteiger partial charge in [0.15, 0.2) is 0 Å². The van der Waals surface area contributed by atoms with Gasteiger partial charge in [-0.15, -0.1) is 0 Å². The van der Waals surface area contributed by atoms with Crippen LogP contribution in [0.4, 0.5) is 11.4 Å². The molecule has 6 heteroatoms. The van der Waals surface area contributed by atoms with Crippen molar-refractivity contribution >= 4 is 29.3 Å². The molecule has 5 N–H and O–H groups in total. The van der Waals surface area contributed by atoms with Gasteiger partial charge in [0.05, 0.1) is 11.4 Å². The molecule has 6 nitrogen and oxygen atoms in total. The summed E-state index contributed by atoms with van der Waals surface area (Å²) in [5.74, 6) is 0.372. The Labute approximate surface area is 197 Å². The fraction of sp³-hybridized carbons (Fsp3) is 0.407. The highest BCUT2D eigenvalue weighted by atomic mass is 16.2. The number of hydrogen-bond donors (Lipinski definition) is 4. The molecule has 2 aromatic carbocycles. The van der Waals surface area contributed by atoms with Crippen molar-refractivity contribution in [1.29, 1.82) is 0 Å². The fourth-order valence-corrected chi connectivity index (χ4v) is 4.16. The number of hydrogen-bond acceptors (Lipinski definition) is 4. The molecular weight excluding hydrogens is 412 g/mol. The first-order valence-corrected chi connectivity index (χ1v) is 11.9. The highest BCUT2D eigenvalue weighted by Gasteiger charge is 2.23. The van der Waals surface area contributed by atoms with Crippen LogP contribution in [-0.4, -0.2) is 24.4 Å². The molecular formula is C27H36N4O2. The van der Waals surface area contributed by atoms with Gasteiger partial charge in [-0.2, -0.15) is 0 Å². The van der Waals surface area contributed by atoms with E-state index < -0.39 is 6.04 Å². The second kappa shape index (κ2) is 12.2. The molecule has 1 saturated carbocycles. The number of nitrogens with two attached hydrogens (primary N) is 1. The van der Waals surface area contributed by atoms with Crippen LogP contribution < -0.4 is 21.7 Å². The van der Waals surface area contributed by atoms with Crippen LogP contribution in [-0.2, 0) is 9.59 Å². The number of rotatable bonds is 9. The van der Waals surface area contributed by atoms with E-state index in [1.807, 2.05) is 50.2 Å². The second-order valence-corrected chi connectivity index (χ2v) is 9.09. The van der Waals surface area contributed by atoms with Crippen LogP contribution >= 0.6 is 0 Å². The van der Waals surface area contributed by atoms with Gasteiger partial charge in [-0.25, -0.2) is 0 Å². The van der Waals surface area contributed by atoms with Crippen molar-refractivity contribution in [1.82, 2.24) is 10.6 Å². The Balaban J connectivity index is 1.64. The Morgan fingerprint density at radius 2 is 1.73 bits per heavy atom. The lowest BCUT2D eigenvalue weighted by Gasteiger charge is -2.26. The maximum absolute atomic E-state index is 12.9. The van der Waals surface area contributed by atoms with E-state index in [2.05, 4.69) is 16.0 Å². The predicted molar refractivity (Wildman–Crippen MR) is 136 cm³/mol. The first-order chi connectivity index (χ1) is 15.9. The van der Waals surface area contributed by atoms with Crippen LogP contribution in [0.1, 0.15) is 63.1 Å². The van der Waals surface area contributed by atoms with Crippen molar-refractivity contribution in [2.45, 2.75) is 58.0 Å². The van der Waals surface area contributed by atoms with E-state index in [-0.39, 0.29) is 17.9 Å². The van der Waals surface area contributed by atoms with Gasteiger partial charge >= 0.3 is 0 Å². The van der Waals surface area contributed by atoms with Crippen molar-refractivity contribution < 1.29 is 9.59 Å². The SMILES string of the molecule is CC(C)NC(=O)C(NCC1CCCCC1)c1ccc(/C=C/C(=O)Nc2ccccc2N)cc1. The Bertz CT molecular complexity index is 947. The molecule has 1 aliphatic rings. The third-order valence-corrected chi connectivity index (χ3v) is 5.94. The summed E-state index contributed by atoms with van der Waals surface area (Å²) in [5.41, 5.74) is 8.78. The standard InChI is InChI=1S/C27H36N4O2/c1-19(2)30-27(33)26(29-18-21-8-4-3-5-9-21)22-15-12-20(13-16-22)14-17-25(32)31-24-11-7-6-10-23(24)28/h6-7,10-17,19,21,26,29H,3-5,8-9,18,28H2,1-2H3,(H,30,33)(H,31,32)/b17-14+. The molecule has 0 bridgehead atoms. The van der Waals surface area contributed by atoms with Gasteiger partial charge in [0, 0.05) is 12.1 Å². The molecule has 0 radical (unpaired) electrons. The van der Waals surface area contributed by atoms with Crippen LogP contribution in [0, 0.1) is 5.92 Å². The van der Waals surface area contributed by atoms with E-state index in [4.69, 9.17) is 5.73 Å². The summed E-state index contributed by atoms with van der Waals surface area (Å²) in [6, 6.07) is 14.6. The number of amides is 2. The number of para-hydroxylation sites is 2. The average Bonchev–Trinajstić information content (AvgIpc) is 2.80. The average molecular weight is 449 g/mol. The monoisotopic (exact) mass is 448 g/mol. The van der Waals surface area contributed by atoms with Gasteiger partial charge in [-0.05, 0) is 68.5 Å². The summed E-state index contributed by atoms with van der Waals surface area (Å²) in [6.07, 6.45) is 9.56. The van der Waals surface area contributed by atoms with E-state index >= 15 is 0 Å².